The first kappa shape index (κ1) is 17.1. The largest absolute Gasteiger partial charge is 0.366 e. The second-order valence-electron chi connectivity index (χ2n) is 6.78. The Morgan fingerprint density at radius 3 is 2.56 bits per heavy atom. The zero-order chi connectivity index (χ0) is 18.0. The Hall–Kier alpha value is -2.69. The lowest BCUT2D eigenvalue weighted by Gasteiger charge is -2.16. The van der Waals surface area contributed by atoms with Gasteiger partial charge in [-0.05, 0) is 58.2 Å². The lowest BCUT2D eigenvalue weighted by atomic mass is 10.00. The molecule has 0 aliphatic carbocycles. The van der Waals surface area contributed by atoms with Crippen LogP contribution in [-0.2, 0) is 6.42 Å². The van der Waals surface area contributed by atoms with Crippen LogP contribution in [0.2, 0.25) is 0 Å². The number of benzene rings is 1. The second kappa shape index (κ2) is 7.05. The zero-order valence-corrected chi connectivity index (χ0v) is 15.5. The Labute approximate surface area is 149 Å². The number of aromatic nitrogens is 4. The summed E-state index contributed by atoms with van der Waals surface area (Å²) < 4.78 is 1.82. The molecule has 1 aromatic carbocycles. The van der Waals surface area contributed by atoms with Crippen LogP contribution in [0.1, 0.15) is 35.0 Å². The van der Waals surface area contributed by atoms with Crippen LogP contribution in [0, 0.1) is 27.7 Å². The average Bonchev–Trinajstić information content (AvgIpc) is 2.89. The number of hydrogen-bond donors (Lipinski definition) is 1. The maximum absolute atomic E-state index is 4.66. The molecule has 3 rings (SSSR count). The van der Waals surface area contributed by atoms with Crippen molar-refractivity contribution in [1.82, 2.24) is 19.7 Å². The Kier molecular flexibility index (Phi) is 4.83. The van der Waals surface area contributed by atoms with Crippen molar-refractivity contribution in [3.8, 4) is 5.82 Å². The molecule has 0 aliphatic rings. The minimum absolute atomic E-state index is 0.256. The van der Waals surface area contributed by atoms with E-state index in [0.29, 0.717) is 0 Å². The molecule has 130 valence electrons. The Morgan fingerprint density at radius 1 is 1.08 bits per heavy atom. The van der Waals surface area contributed by atoms with Crippen LogP contribution < -0.4 is 5.32 Å². The minimum atomic E-state index is 0.256. The van der Waals surface area contributed by atoms with Gasteiger partial charge in [0.05, 0.1) is 18.1 Å². The SMILES string of the molecule is Cc1ccc(C[C@@H](C)Nc2cncc(-n3nc(C)cc3C)n2)c(C)c1. The quantitative estimate of drug-likeness (QED) is 0.767. The Morgan fingerprint density at radius 2 is 1.88 bits per heavy atom. The van der Waals surface area contributed by atoms with Gasteiger partial charge in [0.15, 0.2) is 5.82 Å². The van der Waals surface area contributed by atoms with Crippen LogP contribution in [0.3, 0.4) is 0 Å². The number of nitrogens with one attached hydrogen (secondary N) is 1. The highest BCUT2D eigenvalue weighted by atomic mass is 15.3. The van der Waals surface area contributed by atoms with E-state index < -0.39 is 0 Å². The average molecular weight is 335 g/mol. The van der Waals surface area contributed by atoms with Gasteiger partial charge in [-0.1, -0.05) is 23.8 Å². The standard InChI is InChI=1S/C20H25N5/c1-13-6-7-18(14(2)8-13)10-15(3)22-19-11-21-12-20(23-19)25-17(5)9-16(4)24-25/h6-9,11-12,15H,10H2,1-5H3,(H,22,23)/t15-/m1/s1. The van der Waals surface area contributed by atoms with Gasteiger partial charge in [0, 0.05) is 11.7 Å². The molecule has 5 nitrogen and oxygen atoms in total. The first-order chi connectivity index (χ1) is 11.9. The van der Waals surface area contributed by atoms with Crippen molar-refractivity contribution in [2.75, 3.05) is 5.32 Å². The van der Waals surface area contributed by atoms with Gasteiger partial charge < -0.3 is 5.32 Å². The fraction of sp³-hybridized carbons (Fsp3) is 0.350. The molecule has 2 heterocycles. The van der Waals surface area contributed by atoms with Gasteiger partial charge in [-0.2, -0.15) is 5.10 Å². The van der Waals surface area contributed by atoms with Gasteiger partial charge in [0.2, 0.25) is 0 Å². The van der Waals surface area contributed by atoms with E-state index in [1.54, 1.807) is 12.4 Å². The normalized spacial score (nSPS) is 12.2. The van der Waals surface area contributed by atoms with Gasteiger partial charge in [-0.25, -0.2) is 9.67 Å². The van der Waals surface area contributed by atoms with E-state index in [1.807, 2.05) is 24.6 Å². The summed E-state index contributed by atoms with van der Waals surface area (Å²) in [5, 5.41) is 7.93. The van der Waals surface area contributed by atoms with Crippen LogP contribution >= 0.6 is 0 Å². The lowest BCUT2D eigenvalue weighted by molar-refractivity contribution is 0.766. The fourth-order valence-electron chi connectivity index (χ4n) is 3.10. The summed E-state index contributed by atoms with van der Waals surface area (Å²) in [4.78, 5) is 8.98. The molecule has 1 N–H and O–H groups in total. The molecule has 0 bridgehead atoms. The summed E-state index contributed by atoms with van der Waals surface area (Å²) in [7, 11) is 0. The van der Waals surface area contributed by atoms with Crippen molar-refractivity contribution >= 4 is 5.82 Å². The maximum atomic E-state index is 4.66. The molecule has 5 heteroatoms. The third-order valence-electron chi connectivity index (χ3n) is 4.27. The molecule has 2 aromatic heterocycles. The fourth-order valence-corrected chi connectivity index (χ4v) is 3.10. The molecule has 0 unspecified atom stereocenters. The van der Waals surface area contributed by atoms with E-state index in [0.717, 1.165) is 29.4 Å². The number of aryl methyl sites for hydroxylation is 4. The molecule has 1 atom stereocenters. The van der Waals surface area contributed by atoms with Crippen molar-refractivity contribution in [3.05, 3.63) is 64.7 Å². The molecule has 0 fully saturated rings. The smallest absolute Gasteiger partial charge is 0.174 e. The molecule has 3 aromatic rings. The summed E-state index contributed by atoms with van der Waals surface area (Å²) in [6, 6.07) is 8.89. The Bertz CT molecular complexity index is 882. The van der Waals surface area contributed by atoms with Gasteiger partial charge in [-0.3, -0.25) is 4.98 Å². The second-order valence-corrected chi connectivity index (χ2v) is 6.78. The van der Waals surface area contributed by atoms with E-state index in [1.165, 1.54) is 16.7 Å². The number of anilines is 1. The van der Waals surface area contributed by atoms with Crippen LogP contribution in [0.4, 0.5) is 5.82 Å². The summed E-state index contributed by atoms with van der Waals surface area (Å²) in [5.41, 5.74) is 6.00. The van der Waals surface area contributed by atoms with Crippen molar-refractivity contribution in [3.63, 3.8) is 0 Å². The van der Waals surface area contributed by atoms with E-state index in [9.17, 15) is 0 Å². The molecule has 0 amide bonds. The first-order valence-corrected chi connectivity index (χ1v) is 8.60. The third-order valence-corrected chi connectivity index (χ3v) is 4.27. The first-order valence-electron chi connectivity index (χ1n) is 8.60. The number of rotatable bonds is 5. The van der Waals surface area contributed by atoms with Crippen molar-refractivity contribution in [2.45, 2.75) is 47.1 Å². The topological polar surface area (TPSA) is 55.6 Å². The predicted octanol–water partition coefficient (Wildman–Crippen LogP) is 3.94. The van der Waals surface area contributed by atoms with E-state index in [2.05, 4.69) is 59.4 Å². The van der Waals surface area contributed by atoms with Gasteiger partial charge in [-0.15, -0.1) is 0 Å². The third kappa shape index (κ3) is 4.05. The van der Waals surface area contributed by atoms with E-state index >= 15 is 0 Å². The molecule has 0 saturated carbocycles. The van der Waals surface area contributed by atoms with Crippen LogP contribution in [-0.4, -0.2) is 25.8 Å². The predicted molar refractivity (Wildman–Crippen MR) is 101 cm³/mol. The summed E-state index contributed by atoms with van der Waals surface area (Å²) in [5.74, 6) is 1.50. The summed E-state index contributed by atoms with van der Waals surface area (Å²) in [6.07, 6.45) is 4.44. The summed E-state index contributed by atoms with van der Waals surface area (Å²) in [6.45, 7) is 10.4. The molecule has 25 heavy (non-hydrogen) atoms. The lowest BCUT2D eigenvalue weighted by Crippen LogP contribution is -2.20. The summed E-state index contributed by atoms with van der Waals surface area (Å²) >= 11 is 0. The van der Waals surface area contributed by atoms with Gasteiger partial charge >= 0.3 is 0 Å². The van der Waals surface area contributed by atoms with Crippen molar-refractivity contribution < 1.29 is 0 Å². The molecule has 0 radical (unpaired) electrons. The van der Waals surface area contributed by atoms with Crippen LogP contribution in [0.25, 0.3) is 5.82 Å². The monoisotopic (exact) mass is 335 g/mol. The van der Waals surface area contributed by atoms with E-state index in [-0.39, 0.29) is 6.04 Å². The number of nitrogens with zero attached hydrogens (tertiary/aromatic N) is 4. The van der Waals surface area contributed by atoms with Crippen LogP contribution in [0.5, 0.6) is 0 Å². The van der Waals surface area contributed by atoms with Gasteiger partial charge in [0.1, 0.15) is 5.82 Å². The van der Waals surface area contributed by atoms with Gasteiger partial charge in [0.25, 0.3) is 0 Å². The Balaban J connectivity index is 1.74. The van der Waals surface area contributed by atoms with Crippen molar-refractivity contribution in [1.29, 1.82) is 0 Å². The highest BCUT2D eigenvalue weighted by molar-refractivity contribution is 5.39. The van der Waals surface area contributed by atoms with Crippen LogP contribution in [0.15, 0.2) is 36.7 Å². The highest BCUT2D eigenvalue weighted by Gasteiger charge is 2.10. The molecular formula is C20H25N5. The van der Waals surface area contributed by atoms with Crippen molar-refractivity contribution in [2.24, 2.45) is 0 Å². The maximum Gasteiger partial charge on any atom is 0.174 e. The molecule has 0 aliphatic heterocycles. The van der Waals surface area contributed by atoms with E-state index in [4.69, 9.17) is 0 Å². The zero-order valence-electron chi connectivity index (χ0n) is 15.5. The molecule has 0 saturated heterocycles. The molecular weight excluding hydrogens is 310 g/mol. The molecule has 0 spiro atoms. The number of hydrogen-bond acceptors (Lipinski definition) is 4. The minimum Gasteiger partial charge on any atom is -0.366 e. The highest BCUT2D eigenvalue weighted by Crippen LogP contribution is 2.16.